The van der Waals surface area contributed by atoms with Gasteiger partial charge in [-0.1, -0.05) is 0 Å². The molecule has 0 spiro atoms. The highest BCUT2D eigenvalue weighted by atomic mass is 79.9. The number of aryl methyl sites for hydroxylation is 1. The maximum atomic E-state index is 13.6. The van der Waals surface area contributed by atoms with E-state index in [0.29, 0.717) is 21.2 Å². The molecule has 0 saturated heterocycles. The highest BCUT2D eigenvalue weighted by Crippen LogP contribution is 2.28. The fourth-order valence-electron chi connectivity index (χ4n) is 2.21. The number of benzene rings is 2. The number of anilines is 1. The first-order valence-corrected chi connectivity index (χ1v) is 6.65. The molecule has 0 atom stereocenters. The second kappa shape index (κ2) is 4.56. The van der Waals surface area contributed by atoms with Crippen LogP contribution in [0.2, 0.25) is 0 Å². The van der Waals surface area contributed by atoms with Crippen molar-refractivity contribution in [2.75, 3.05) is 5.73 Å². The van der Waals surface area contributed by atoms with Crippen molar-refractivity contribution >= 4 is 32.9 Å². The van der Waals surface area contributed by atoms with Gasteiger partial charge in [0.2, 0.25) is 5.95 Å². The van der Waals surface area contributed by atoms with Crippen molar-refractivity contribution in [1.29, 1.82) is 0 Å². The first kappa shape index (κ1) is 13.1. The number of hydrogen-bond donors (Lipinski definition) is 1. The third-order valence-electron chi connectivity index (χ3n) is 3.01. The van der Waals surface area contributed by atoms with E-state index >= 15 is 0 Å². The molecule has 1 aromatic heterocycles. The highest BCUT2D eigenvalue weighted by Gasteiger charge is 2.13. The number of nitrogens with two attached hydrogens (primary N) is 1. The van der Waals surface area contributed by atoms with Crippen LogP contribution >= 0.6 is 15.9 Å². The van der Waals surface area contributed by atoms with Gasteiger partial charge in [-0.3, -0.25) is 4.57 Å². The second-order valence-electron chi connectivity index (χ2n) is 4.55. The summed E-state index contributed by atoms with van der Waals surface area (Å²) in [6, 6.07) is 7.45. The molecule has 2 N–H and O–H groups in total. The van der Waals surface area contributed by atoms with Gasteiger partial charge >= 0.3 is 0 Å². The summed E-state index contributed by atoms with van der Waals surface area (Å²) in [5.74, 6) is -0.595. The van der Waals surface area contributed by atoms with Crippen LogP contribution in [0.3, 0.4) is 0 Å². The number of fused-ring (bicyclic) bond motifs is 1. The summed E-state index contributed by atoms with van der Waals surface area (Å²) in [5.41, 5.74) is 8.23. The zero-order valence-electron chi connectivity index (χ0n) is 10.5. The molecule has 102 valence electrons. The molecule has 0 unspecified atom stereocenters. The molecule has 1 heterocycles. The Bertz CT molecular complexity index is 807. The minimum Gasteiger partial charge on any atom is -0.369 e. The van der Waals surface area contributed by atoms with E-state index in [1.807, 2.05) is 0 Å². The van der Waals surface area contributed by atoms with Crippen LogP contribution in [0.5, 0.6) is 0 Å². The molecule has 0 aliphatic carbocycles. The van der Waals surface area contributed by atoms with Gasteiger partial charge in [0.05, 0.1) is 21.2 Å². The fourth-order valence-corrected chi connectivity index (χ4v) is 2.54. The molecule has 3 aromatic rings. The third kappa shape index (κ3) is 2.06. The third-order valence-corrected chi connectivity index (χ3v) is 3.62. The van der Waals surface area contributed by atoms with Gasteiger partial charge in [-0.15, -0.1) is 0 Å². The van der Waals surface area contributed by atoms with Crippen LogP contribution in [0.25, 0.3) is 16.7 Å². The zero-order valence-corrected chi connectivity index (χ0v) is 12.1. The Morgan fingerprint density at radius 3 is 2.60 bits per heavy atom. The Balaban J connectivity index is 2.35. The molecule has 0 aliphatic heterocycles. The monoisotopic (exact) mass is 337 g/mol. The minimum absolute atomic E-state index is 0.183. The van der Waals surface area contributed by atoms with E-state index in [2.05, 4.69) is 20.9 Å². The van der Waals surface area contributed by atoms with Crippen molar-refractivity contribution in [3.63, 3.8) is 0 Å². The average Bonchev–Trinajstić information content (AvgIpc) is 2.64. The normalized spacial score (nSPS) is 11.2. The Kier molecular flexibility index (Phi) is 2.97. The SMILES string of the molecule is Cc1cc(F)cc(-n2c(N)nc3cc(F)c(Br)cc32)c1. The van der Waals surface area contributed by atoms with E-state index < -0.39 is 5.82 Å². The van der Waals surface area contributed by atoms with Crippen LogP contribution < -0.4 is 5.73 Å². The molecule has 0 saturated carbocycles. The second-order valence-corrected chi connectivity index (χ2v) is 5.40. The van der Waals surface area contributed by atoms with E-state index in [9.17, 15) is 8.78 Å². The van der Waals surface area contributed by atoms with Gasteiger partial charge in [0.15, 0.2) is 0 Å². The molecular formula is C14H10BrF2N3. The molecule has 0 fully saturated rings. The summed E-state index contributed by atoms with van der Waals surface area (Å²) in [7, 11) is 0. The molecule has 0 radical (unpaired) electrons. The van der Waals surface area contributed by atoms with Crippen molar-refractivity contribution in [2.24, 2.45) is 0 Å². The predicted molar refractivity (Wildman–Crippen MR) is 77.8 cm³/mol. The van der Waals surface area contributed by atoms with Gasteiger partial charge in [0, 0.05) is 6.07 Å². The predicted octanol–water partition coefficient (Wildman–Crippen LogP) is 3.96. The van der Waals surface area contributed by atoms with Crippen LogP contribution in [0.4, 0.5) is 14.7 Å². The Morgan fingerprint density at radius 1 is 1.15 bits per heavy atom. The Morgan fingerprint density at radius 2 is 1.90 bits per heavy atom. The van der Waals surface area contributed by atoms with Crippen molar-refractivity contribution in [3.05, 3.63) is 52.0 Å². The topological polar surface area (TPSA) is 43.8 Å². The van der Waals surface area contributed by atoms with E-state index in [1.165, 1.54) is 18.2 Å². The molecular weight excluding hydrogens is 328 g/mol. The lowest BCUT2D eigenvalue weighted by Gasteiger charge is -2.08. The lowest BCUT2D eigenvalue weighted by molar-refractivity contribution is 0.622. The number of hydrogen-bond acceptors (Lipinski definition) is 2. The summed E-state index contributed by atoms with van der Waals surface area (Å²) in [6.45, 7) is 1.79. The molecule has 3 nitrogen and oxygen atoms in total. The quantitative estimate of drug-likeness (QED) is 0.730. The number of aromatic nitrogens is 2. The number of nitrogens with zero attached hydrogens (tertiary/aromatic N) is 2. The van der Waals surface area contributed by atoms with Crippen LogP contribution in [0.1, 0.15) is 5.56 Å². The first-order chi connectivity index (χ1) is 9.45. The van der Waals surface area contributed by atoms with Crippen LogP contribution in [0, 0.1) is 18.6 Å². The maximum absolute atomic E-state index is 13.6. The molecule has 3 rings (SSSR count). The summed E-state index contributed by atoms with van der Waals surface area (Å²) >= 11 is 3.13. The van der Waals surface area contributed by atoms with Gasteiger partial charge in [-0.25, -0.2) is 13.8 Å². The molecule has 20 heavy (non-hydrogen) atoms. The van der Waals surface area contributed by atoms with Crippen molar-refractivity contribution in [3.8, 4) is 5.69 Å². The standard InChI is InChI=1S/C14H10BrF2N3/c1-7-2-8(16)4-9(3-7)20-13-5-10(15)11(17)6-12(13)19-14(20)18/h2-6H,1H3,(H2,18,19). The van der Waals surface area contributed by atoms with Crippen LogP contribution in [0.15, 0.2) is 34.8 Å². The smallest absolute Gasteiger partial charge is 0.205 e. The molecule has 6 heteroatoms. The molecule has 2 aromatic carbocycles. The lowest BCUT2D eigenvalue weighted by atomic mass is 10.2. The minimum atomic E-state index is -0.419. The summed E-state index contributed by atoms with van der Waals surface area (Å²) in [5, 5.41) is 0. The number of imidazole rings is 1. The Hall–Kier alpha value is -1.95. The van der Waals surface area contributed by atoms with Gasteiger partial charge in [-0.2, -0.15) is 0 Å². The van der Waals surface area contributed by atoms with Crippen LogP contribution in [-0.4, -0.2) is 9.55 Å². The van der Waals surface area contributed by atoms with E-state index in [4.69, 9.17) is 5.73 Å². The summed E-state index contributed by atoms with van der Waals surface area (Å²) in [4.78, 5) is 4.11. The van der Waals surface area contributed by atoms with Gasteiger partial charge < -0.3 is 5.73 Å². The molecule has 0 bridgehead atoms. The van der Waals surface area contributed by atoms with E-state index in [1.54, 1.807) is 23.6 Å². The van der Waals surface area contributed by atoms with Crippen molar-refractivity contribution < 1.29 is 8.78 Å². The summed E-state index contributed by atoms with van der Waals surface area (Å²) < 4.78 is 29.0. The maximum Gasteiger partial charge on any atom is 0.205 e. The largest absolute Gasteiger partial charge is 0.369 e. The number of halogens is 3. The van der Waals surface area contributed by atoms with Gasteiger partial charge in [0.1, 0.15) is 11.6 Å². The first-order valence-electron chi connectivity index (χ1n) is 5.86. The number of rotatable bonds is 1. The highest BCUT2D eigenvalue weighted by molar-refractivity contribution is 9.10. The lowest BCUT2D eigenvalue weighted by Crippen LogP contribution is -2.01. The van der Waals surface area contributed by atoms with E-state index in [0.717, 1.165) is 5.56 Å². The van der Waals surface area contributed by atoms with Crippen molar-refractivity contribution in [2.45, 2.75) is 6.92 Å². The van der Waals surface area contributed by atoms with E-state index in [-0.39, 0.29) is 11.8 Å². The fraction of sp³-hybridized carbons (Fsp3) is 0.0714. The molecule has 0 aliphatic rings. The average molecular weight is 338 g/mol. The van der Waals surface area contributed by atoms with Gasteiger partial charge in [-0.05, 0) is 52.7 Å². The van der Waals surface area contributed by atoms with Gasteiger partial charge in [0.25, 0.3) is 0 Å². The Labute approximate surface area is 122 Å². The van der Waals surface area contributed by atoms with Crippen molar-refractivity contribution in [1.82, 2.24) is 9.55 Å². The van der Waals surface area contributed by atoms with Crippen LogP contribution in [-0.2, 0) is 0 Å². The zero-order chi connectivity index (χ0) is 14.4. The summed E-state index contributed by atoms with van der Waals surface area (Å²) in [6.07, 6.45) is 0. The number of nitrogen functional groups attached to an aromatic ring is 1. The molecule has 0 amide bonds.